The monoisotopic (exact) mass is 495 g/mol. The molecule has 6 unspecified atom stereocenters. The third kappa shape index (κ3) is 2.68. The predicted molar refractivity (Wildman–Crippen MR) is 134 cm³/mol. The number of amides is 1. The lowest BCUT2D eigenvalue weighted by Crippen LogP contribution is -2.77. The van der Waals surface area contributed by atoms with Gasteiger partial charge in [0.15, 0.2) is 0 Å². The van der Waals surface area contributed by atoms with Crippen molar-refractivity contribution >= 4 is 40.5 Å². The molecule has 6 atom stereocenters. The highest BCUT2D eigenvalue weighted by molar-refractivity contribution is 6.40. The highest BCUT2D eigenvalue weighted by atomic mass is 35.5. The summed E-state index contributed by atoms with van der Waals surface area (Å²) in [4.78, 5) is 13.6. The molecule has 1 spiro atoms. The minimum atomic E-state index is -0.133. The van der Waals surface area contributed by atoms with Gasteiger partial charge in [-0.2, -0.15) is 5.10 Å². The van der Waals surface area contributed by atoms with Crippen molar-refractivity contribution in [2.24, 2.45) is 28.3 Å². The number of carbonyl (C=O) groups is 1. The predicted octanol–water partition coefficient (Wildman–Crippen LogP) is 6.00. The van der Waals surface area contributed by atoms with Gasteiger partial charge in [0.1, 0.15) is 11.5 Å². The Labute approximate surface area is 209 Å². The zero-order valence-corrected chi connectivity index (χ0v) is 20.6. The van der Waals surface area contributed by atoms with Crippen LogP contribution in [-0.2, 0) is 4.79 Å². The van der Waals surface area contributed by atoms with E-state index in [1.165, 1.54) is 19.3 Å². The fourth-order valence-corrected chi connectivity index (χ4v) is 8.81. The van der Waals surface area contributed by atoms with Crippen LogP contribution in [-0.4, -0.2) is 24.3 Å². The van der Waals surface area contributed by atoms with Crippen LogP contribution < -0.4 is 15.1 Å². The smallest absolute Gasteiger partial charge is 0.268 e. The second kappa shape index (κ2) is 7.14. The van der Waals surface area contributed by atoms with Gasteiger partial charge in [-0.1, -0.05) is 35.3 Å². The van der Waals surface area contributed by atoms with Gasteiger partial charge < -0.3 is 10.1 Å². The number of hydrogen-bond acceptors (Lipinski definition) is 4. The Balaban J connectivity index is 1.20. The molecule has 0 saturated heterocycles. The number of nitrogens with zero attached hydrogens (tertiary/aromatic N) is 2. The molecule has 176 valence electrons. The lowest BCUT2D eigenvalue weighted by Gasteiger charge is -2.72. The molecule has 0 radical (unpaired) electrons. The van der Waals surface area contributed by atoms with E-state index in [0.717, 1.165) is 47.6 Å². The maximum absolute atomic E-state index is 13.6. The highest BCUT2D eigenvalue weighted by Gasteiger charge is 2.81. The van der Waals surface area contributed by atoms with Crippen molar-refractivity contribution in [3.8, 4) is 5.75 Å². The molecule has 5 nitrogen and oxygen atoms in total. The van der Waals surface area contributed by atoms with Crippen molar-refractivity contribution in [1.29, 1.82) is 0 Å². The van der Waals surface area contributed by atoms with Crippen molar-refractivity contribution < 1.29 is 9.53 Å². The van der Waals surface area contributed by atoms with E-state index < -0.39 is 0 Å². The number of ether oxygens (including phenoxy) is 1. The van der Waals surface area contributed by atoms with Crippen LogP contribution in [0.25, 0.3) is 0 Å². The van der Waals surface area contributed by atoms with E-state index in [4.69, 9.17) is 33.0 Å². The molecule has 0 aromatic heterocycles. The number of methoxy groups -OCH3 is 1. The van der Waals surface area contributed by atoms with Crippen LogP contribution in [0.4, 0.5) is 5.69 Å². The summed E-state index contributed by atoms with van der Waals surface area (Å²) in [6.45, 7) is 0. The Morgan fingerprint density at radius 1 is 1.09 bits per heavy atom. The number of rotatable bonds is 5. The summed E-state index contributed by atoms with van der Waals surface area (Å²) in [7, 11) is 1.65. The summed E-state index contributed by atoms with van der Waals surface area (Å²) in [5.74, 6) is 3.22. The van der Waals surface area contributed by atoms with E-state index in [-0.39, 0.29) is 17.5 Å². The number of hydrazone groups is 1. The van der Waals surface area contributed by atoms with Crippen molar-refractivity contribution in [2.45, 2.75) is 50.1 Å². The zero-order chi connectivity index (χ0) is 23.2. The molecular weight excluding hydrogens is 469 g/mol. The maximum atomic E-state index is 13.6. The average molecular weight is 496 g/mol. The molecule has 7 rings (SSSR count). The van der Waals surface area contributed by atoms with Crippen LogP contribution in [0.1, 0.15) is 50.1 Å². The Bertz CT molecular complexity index is 1230. The Hall–Kier alpha value is -2.24. The molecule has 5 aliphatic rings. The summed E-state index contributed by atoms with van der Waals surface area (Å²) < 4.78 is 5.33. The Kier molecular flexibility index (Phi) is 4.43. The molecule has 4 fully saturated rings. The van der Waals surface area contributed by atoms with E-state index in [1.807, 2.05) is 35.3 Å². The Morgan fingerprint density at radius 3 is 2.62 bits per heavy atom. The number of fused-ring (bicyclic) bond motifs is 1. The van der Waals surface area contributed by atoms with Gasteiger partial charge in [0, 0.05) is 17.0 Å². The number of anilines is 1. The summed E-state index contributed by atoms with van der Waals surface area (Å²) in [5, 5.41) is 11.3. The summed E-state index contributed by atoms with van der Waals surface area (Å²) >= 11 is 12.7. The third-order valence-corrected chi connectivity index (χ3v) is 10.1. The van der Waals surface area contributed by atoms with Gasteiger partial charge in [0.2, 0.25) is 0 Å². The molecule has 4 aliphatic carbocycles. The van der Waals surface area contributed by atoms with Gasteiger partial charge >= 0.3 is 0 Å². The first kappa shape index (κ1) is 21.1. The van der Waals surface area contributed by atoms with Gasteiger partial charge in [-0.3, -0.25) is 9.80 Å². The van der Waals surface area contributed by atoms with E-state index in [9.17, 15) is 4.79 Å². The van der Waals surface area contributed by atoms with Crippen molar-refractivity contribution in [1.82, 2.24) is 5.32 Å². The molecule has 2 aromatic rings. The van der Waals surface area contributed by atoms with Crippen molar-refractivity contribution in [3.63, 3.8) is 0 Å². The van der Waals surface area contributed by atoms with Crippen LogP contribution in [0.5, 0.6) is 5.75 Å². The molecule has 4 saturated carbocycles. The average Bonchev–Trinajstić information content (AvgIpc) is 3.47. The second-order valence-corrected chi connectivity index (χ2v) is 11.7. The molecule has 7 heteroatoms. The first-order valence-electron chi connectivity index (χ1n) is 12.2. The first-order chi connectivity index (χ1) is 16.4. The number of carbonyl (C=O) groups excluding carboxylic acids is 1. The van der Waals surface area contributed by atoms with E-state index in [2.05, 4.69) is 5.32 Å². The standard InChI is InChI=1S/C27H27Cl2N3O2/c1-34-20-5-2-16(3-6-20)24-11-22(31-32(24)23-7-4-19(28)10-21(23)29)25(33)30-26-12-15-8-17-9-18(14-26)27(17,26)13-15/h2-7,10,15,17-18,24H,8-9,11-14H2,1H3,(H,30,33). The highest BCUT2D eigenvalue weighted by Crippen LogP contribution is 2.82. The summed E-state index contributed by atoms with van der Waals surface area (Å²) in [6.07, 6.45) is 6.88. The molecule has 34 heavy (non-hydrogen) atoms. The SMILES string of the molecule is COc1ccc(C2CC(C(=O)NC34CC5CC6CC(C3)C64C5)=NN2c2ccc(Cl)cc2Cl)cc1. The quantitative estimate of drug-likeness (QED) is 0.552. The molecule has 1 amide bonds. The number of benzene rings is 2. The summed E-state index contributed by atoms with van der Waals surface area (Å²) in [6, 6.07) is 13.2. The van der Waals surface area contributed by atoms with E-state index >= 15 is 0 Å². The lowest BCUT2D eigenvalue weighted by molar-refractivity contribution is -0.206. The van der Waals surface area contributed by atoms with E-state index in [1.54, 1.807) is 19.2 Å². The fraction of sp³-hybridized carbons (Fsp3) is 0.481. The lowest BCUT2D eigenvalue weighted by atomic mass is 9.35. The van der Waals surface area contributed by atoms with Gasteiger partial charge in [-0.05, 0) is 91.2 Å². The normalized spacial score (nSPS) is 36.4. The number of hydrogen-bond donors (Lipinski definition) is 1. The molecular formula is C27H27Cl2N3O2. The maximum Gasteiger partial charge on any atom is 0.268 e. The topological polar surface area (TPSA) is 53.9 Å². The van der Waals surface area contributed by atoms with Gasteiger partial charge in [-0.15, -0.1) is 0 Å². The van der Waals surface area contributed by atoms with Crippen LogP contribution in [0.3, 0.4) is 0 Å². The van der Waals surface area contributed by atoms with Crippen molar-refractivity contribution in [3.05, 3.63) is 58.1 Å². The second-order valence-electron chi connectivity index (χ2n) is 10.9. The van der Waals surface area contributed by atoms with Crippen LogP contribution >= 0.6 is 23.2 Å². The molecule has 2 aromatic carbocycles. The molecule has 1 heterocycles. The van der Waals surface area contributed by atoms with Gasteiger partial charge in [-0.25, -0.2) is 0 Å². The van der Waals surface area contributed by atoms with Crippen LogP contribution in [0.15, 0.2) is 47.6 Å². The van der Waals surface area contributed by atoms with Crippen molar-refractivity contribution in [2.75, 3.05) is 12.1 Å². The van der Waals surface area contributed by atoms with Gasteiger partial charge in [0.25, 0.3) is 5.91 Å². The fourth-order valence-electron chi connectivity index (χ4n) is 8.31. The Morgan fingerprint density at radius 2 is 1.91 bits per heavy atom. The molecule has 1 N–H and O–H groups in total. The largest absolute Gasteiger partial charge is 0.497 e. The third-order valence-electron chi connectivity index (χ3n) is 9.58. The van der Waals surface area contributed by atoms with Crippen LogP contribution in [0, 0.1) is 23.2 Å². The first-order valence-corrected chi connectivity index (χ1v) is 13.0. The van der Waals surface area contributed by atoms with Gasteiger partial charge in [0.05, 0.1) is 23.9 Å². The summed E-state index contributed by atoms with van der Waals surface area (Å²) in [5.41, 5.74) is 2.76. The molecule has 2 bridgehead atoms. The van der Waals surface area contributed by atoms with Crippen LogP contribution in [0.2, 0.25) is 10.0 Å². The zero-order valence-electron chi connectivity index (χ0n) is 19.1. The minimum Gasteiger partial charge on any atom is -0.497 e. The molecule has 1 aliphatic heterocycles. The number of nitrogens with one attached hydrogen (secondary N) is 1. The van der Waals surface area contributed by atoms with E-state index in [0.29, 0.717) is 27.6 Å². The number of halogens is 2. The minimum absolute atomic E-state index is 0.00402.